The lowest BCUT2D eigenvalue weighted by molar-refractivity contribution is -0.136. The van der Waals surface area contributed by atoms with E-state index in [0.29, 0.717) is 29.9 Å². The van der Waals surface area contributed by atoms with Crippen LogP contribution in [-0.2, 0) is 19.6 Å². The lowest BCUT2D eigenvalue weighted by Crippen LogP contribution is -2.42. The smallest absolute Gasteiger partial charge is 0.313 e. The molecule has 0 spiro atoms. The molecule has 1 heterocycles. The third kappa shape index (κ3) is 4.17. The second kappa shape index (κ2) is 7.65. The molecule has 0 atom stereocenters. The molecule has 26 heavy (non-hydrogen) atoms. The van der Waals surface area contributed by atoms with Gasteiger partial charge in [-0.2, -0.15) is 0 Å². The van der Waals surface area contributed by atoms with Crippen molar-refractivity contribution in [1.29, 1.82) is 0 Å². The van der Waals surface area contributed by atoms with Gasteiger partial charge in [0.15, 0.2) is 0 Å². The molecule has 1 aromatic rings. The van der Waals surface area contributed by atoms with Crippen molar-refractivity contribution in [3.05, 3.63) is 23.8 Å². The topological polar surface area (TPSA) is 95.6 Å². The number of nitrogens with zero attached hydrogens (tertiary/aromatic N) is 1. The molecule has 0 bridgehead atoms. The van der Waals surface area contributed by atoms with E-state index >= 15 is 0 Å². The van der Waals surface area contributed by atoms with Crippen molar-refractivity contribution in [2.75, 3.05) is 21.9 Å². The number of aryl methyl sites for hydroxylation is 1. The van der Waals surface area contributed by atoms with E-state index in [0.717, 1.165) is 25.7 Å². The highest BCUT2D eigenvalue weighted by Crippen LogP contribution is 2.28. The van der Waals surface area contributed by atoms with Crippen molar-refractivity contribution in [3.63, 3.8) is 0 Å². The van der Waals surface area contributed by atoms with Crippen molar-refractivity contribution >= 4 is 33.2 Å². The van der Waals surface area contributed by atoms with Gasteiger partial charge in [-0.1, -0.05) is 19.3 Å². The summed E-state index contributed by atoms with van der Waals surface area (Å²) in [5.74, 6) is -1.16. The minimum absolute atomic E-state index is 0.0749. The molecule has 2 fully saturated rings. The summed E-state index contributed by atoms with van der Waals surface area (Å²) in [6.07, 6.45) is 5.77. The summed E-state index contributed by atoms with van der Waals surface area (Å²) in [5, 5.41) is 5.41. The Bertz CT molecular complexity index is 801. The minimum Gasteiger partial charge on any atom is -0.345 e. The summed E-state index contributed by atoms with van der Waals surface area (Å²) >= 11 is 0. The largest absolute Gasteiger partial charge is 0.345 e. The first-order valence-electron chi connectivity index (χ1n) is 9.10. The number of benzene rings is 1. The van der Waals surface area contributed by atoms with Gasteiger partial charge in [0.2, 0.25) is 10.0 Å². The lowest BCUT2D eigenvalue weighted by atomic mass is 9.95. The zero-order chi connectivity index (χ0) is 18.7. The maximum Gasteiger partial charge on any atom is 0.313 e. The first-order valence-corrected chi connectivity index (χ1v) is 10.7. The third-order valence-corrected chi connectivity index (χ3v) is 6.86. The van der Waals surface area contributed by atoms with Gasteiger partial charge in [0, 0.05) is 18.3 Å². The van der Waals surface area contributed by atoms with Crippen molar-refractivity contribution in [2.24, 2.45) is 0 Å². The molecule has 1 saturated heterocycles. The number of nitrogens with one attached hydrogen (secondary N) is 2. The average Bonchev–Trinajstić information content (AvgIpc) is 2.96. The van der Waals surface area contributed by atoms with Crippen LogP contribution in [0.15, 0.2) is 18.2 Å². The van der Waals surface area contributed by atoms with Crippen molar-refractivity contribution in [3.8, 4) is 0 Å². The van der Waals surface area contributed by atoms with Crippen LogP contribution in [0, 0.1) is 6.92 Å². The van der Waals surface area contributed by atoms with Gasteiger partial charge in [0.1, 0.15) is 0 Å². The number of hydrogen-bond donors (Lipinski definition) is 2. The maximum atomic E-state index is 12.2. The first kappa shape index (κ1) is 18.7. The van der Waals surface area contributed by atoms with Crippen LogP contribution in [0.1, 0.15) is 44.1 Å². The molecule has 1 aliphatic heterocycles. The van der Waals surface area contributed by atoms with E-state index in [2.05, 4.69) is 10.6 Å². The van der Waals surface area contributed by atoms with Crippen LogP contribution in [0.2, 0.25) is 0 Å². The number of anilines is 2. The predicted molar refractivity (Wildman–Crippen MR) is 101 cm³/mol. The minimum atomic E-state index is -3.24. The molecule has 8 heteroatoms. The van der Waals surface area contributed by atoms with Crippen molar-refractivity contribution < 1.29 is 18.0 Å². The summed E-state index contributed by atoms with van der Waals surface area (Å²) in [6.45, 7) is 2.25. The van der Waals surface area contributed by atoms with Gasteiger partial charge in [-0.15, -0.1) is 0 Å². The summed E-state index contributed by atoms with van der Waals surface area (Å²) in [6, 6.07) is 5.10. The van der Waals surface area contributed by atoms with Gasteiger partial charge in [0.05, 0.1) is 11.4 Å². The monoisotopic (exact) mass is 379 g/mol. The van der Waals surface area contributed by atoms with Crippen molar-refractivity contribution in [2.45, 2.75) is 51.5 Å². The van der Waals surface area contributed by atoms with E-state index in [1.807, 2.05) is 0 Å². The van der Waals surface area contributed by atoms with E-state index in [1.54, 1.807) is 25.1 Å². The molecule has 0 radical (unpaired) electrons. The van der Waals surface area contributed by atoms with Gasteiger partial charge in [0.25, 0.3) is 0 Å². The molecule has 2 amide bonds. The summed E-state index contributed by atoms with van der Waals surface area (Å²) in [7, 11) is -3.24. The fourth-order valence-corrected chi connectivity index (χ4v) is 5.11. The average molecular weight is 379 g/mol. The molecule has 2 aliphatic rings. The Morgan fingerprint density at radius 2 is 1.81 bits per heavy atom. The molecule has 3 rings (SSSR count). The maximum absolute atomic E-state index is 12.2. The van der Waals surface area contributed by atoms with Gasteiger partial charge < -0.3 is 10.6 Å². The van der Waals surface area contributed by atoms with Gasteiger partial charge >= 0.3 is 11.8 Å². The summed E-state index contributed by atoms with van der Waals surface area (Å²) in [4.78, 5) is 24.2. The van der Waals surface area contributed by atoms with Crippen LogP contribution >= 0.6 is 0 Å². The number of carbonyl (C=O) groups excluding carboxylic acids is 2. The molecule has 0 aromatic heterocycles. The van der Waals surface area contributed by atoms with Gasteiger partial charge in [-0.25, -0.2) is 8.42 Å². The highest BCUT2D eigenvalue weighted by atomic mass is 32.2. The fraction of sp³-hybridized carbons (Fsp3) is 0.556. The Kier molecular flexibility index (Phi) is 5.50. The Morgan fingerprint density at radius 1 is 1.08 bits per heavy atom. The van der Waals surface area contributed by atoms with Crippen LogP contribution in [0.25, 0.3) is 0 Å². The molecule has 2 N–H and O–H groups in total. The van der Waals surface area contributed by atoms with E-state index in [9.17, 15) is 18.0 Å². The van der Waals surface area contributed by atoms with Crippen LogP contribution in [0.4, 0.5) is 11.4 Å². The quantitative estimate of drug-likeness (QED) is 0.785. The molecule has 7 nitrogen and oxygen atoms in total. The molecule has 1 aromatic carbocycles. The van der Waals surface area contributed by atoms with Gasteiger partial charge in [-0.3, -0.25) is 13.9 Å². The second-order valence-electron chi connectivity index (χ2n) is 7.00. The second-order valence-corrected chi connectivity index (χ2v) is 9.02. The zero-order valence-electron chi connectivity index (χ0n) is 15.0. The van der Waals surface area contributed by atoms with E-state index in [-0.39, 0.29) is 11.8 Å². The lowest BCUT2D eigenvalue weighted by Gasteiger charge is -2.22. The number of hydrogen-bond acceptors (Lipinski definition) is 4. The van der Waals surface area contributed by atoms with Crippen LogP contribution in [0.5, 0.6) is 0 Å². The predicted octanol–water partition coefficient (Wildman–Crippen LogP) is 1.92. The Labute approximate surface area is 154 Å². The zero-order valence-corrected chi connectivity index (χ0v) is 15.8. The van der Waals surface area contributed by atoms with Crippen LogP contribution < -0.4 is 14.9 Å². The van der Waals surface area contributed by atoms with Crippen LogP contribution in [-0.4, -0.2) is 38.6 Å². The normalized spacial score (nSPS) is 20.0. The van der Waals surface area contributed by atoms with E-state index in [1.165, 1.54) is 10.7 Å². The number of amides is 2. The molecule has 142 valence electrons. The van der Waals surface area contributed by atoms with E-state index in [4.69, 9.17) is 0 Å². The Hall–Kier alpha value is -2.09. The molecule has 1 aliphatic carbocycles. The number of sulfonamides is 1. The first-order chi connectivity index (χ1) is 12.4. The van der Waals surface area contributed by atoms with Crippen molar-refractivity contribution in [1.82, 2.24) is 5.32 Å². The molecular weight excluding hydrogens is 354 g/mol. The van der Waals surface area contributed by atoms with E-state index < -0.39 is 21.8 Å². The summed E-state index contributed by atoms with van der Waals surface area (Å²) < 4.78 is 25.4. The number of rotatable bonds is 3. The Morgan fingerprint density at radius 3 is 2.42 bits per heavy atom. The van der Waals surface area contributed by atoms with Gasteiger partial charge in [-0.05, 0) is 49.9 Å². The highest BCUT2D eigenvalue weighted by Gasteiger charge is 2.28. The molecule has 0 unspecified atom stereocenters. The Balaban J connectivity index is 1.64. The highest BCUT2D eigenvalue weighted by molar-refractivity contribution is 7.93. The van der Waals surface area contributed by atoms with Crippen LogP contribution in [0.3, 0.4) is 0 Å². The fourth-order valence-electron chi connectivity index (χ4n) is 3.55. The standard InChI is InChI=1S/C18H25N3O4S/c1-13-12-15(21-10-5-11-26(21,24)25)8-9-16(13)20-18(23)17(22)19-14-6-3-2-4-7-14/h8-9,12,14H,2-7,10-11H2,1H3,(H,19,22)(H,20,23). The molecule has 1 saturated carbocycles. The molecular formula is C18H25N3O4S. The summed E-state index contributed by atoms with van der Waals surface area (Å²) in [5.41, 5.74) is 1.81. The third-order valence-electron chi connectivity index (χ3n) is 4.99. The number of carbonyl (C=O) groups is 2. The SMILES string of the molecule is Cc1cc(N2CCCS2(=O)=O)ccc1NC(=O)C(=O)NC1CCCCC1.